The summed E-state index contributed by atoms with van der Waals surface area (Å²) in [5.41, 5.74) is 5.96. The van der Waals surface area contributed by atoms with E-state index < -0.39 is 0 Å². The Kier molecular flexibility index (Phi) is 2.32. The fraction of sp³-hybridized carbons (Fsp3) is 1.00. The molecule has 1 aliphatic carbocycles. The van der Waals surface area contributed by atoms with Crippen LogP contribution in [0.25, 0.3) is 0 Å². The normalized spacial score (nSPS) is 24.3. The monoisotopic (exact) mass is 142 g/mol. The van der Waals surface area contributed by atoms with Gasteiger partial charge >= 0.3 is 0 Å². The van der Waals surface area contributed by atoms with E-state index in [0.29, 0.717) is 11.5 Å². The summed E-state index contributed by atoms with van der Waals surface area (Å²) in [4.78, 5) is 0. The summed E-state index contributed by atoms with van der Waals surface area (Å²) in [7, 11) is 0. The topological polar surface area (TPSA) is 38.0 Å². The Morgan fingerprint density at radius 1 is 1.60 bits per heavy atom. The number of nitrogens with one attached hydrogen (secondary N) is 1. The molecule has 1 saturated carbocycles. The van der Waals surface area contributed by atoms with Gasteiger partial charge in [0.25, 0.3) is 0 Å². The summed E-state index contributed by atoms with van der Waals surface area (Å²) >= 11 is 0. The van der Waals surface area contributed by atoms with Crippen LogP contribution in [0.5, 0.6) is 0 Å². The Labute approximate surface area is 63.2 Å². The van der Waals surface area contributed by atoms with Crippen molar-refractivity contribution in [1.29, 1.82) is 0 Å². The van der Waals surface area contributed by atoms with Crippen LogP contribution in [0.1, 0.15) is 26.7 Å². The molecule has 1 aliphatic rings. The highest BCUT2D eigenvalue weighted by Crippen LogP contribution is 2.34. The molecule has 10 heavy (non-hydrogen) atoms. The van der Waals surface area contributed by atoms with Gasteiger partial charge in [0, 0.05) is 5.54 Å². The van der Waals surface area contributed by atoms with Crippen LogP contribution in [0.2, 0.25) is 0 Å². The van der Waals surface area contributed by atoms with Crippen LogP contribution < -0.4 is 11.1 Å². The zero-order valence-corrected chi connectivity index (χ0v) is 6.98. The quantitative estimate of drug-likeness (QED) is 0.607. The summed E-state index contributed by atoms with van der Waals surface area (Å²) in [5.74, 6) is 0.623. The van der Waals surface area contributed by atoms with Gasteiger partial charge < -0.3 is 11.1 Å². The summed E-state index contributed by atoms with van der Waals surface area (Å²) in [6, 6.07) is 0. The van der Waals surface area contributed by atoms with Gasteiger partial charge in [-0.25, -0.2) is 0 Å². The van der Waals surface area contributed by atoms with Crippen molar-refractivity contribution in [3.05, 3.63) is 0 Å². The van der Waals surface area contributed by atoms with Crippen molar-refractivity contribution >= 4 is 0 Å². The first-order chi connectivity index (χ1) is 4.66. The minimum Gasteiger partial charge on any atom is -0.330 e. The van der Waals surface area contributed by atoms with Gasteiger partial charge in [0.15, 0.2) is 0 Å². The maximum atomic E-state index is 5.48. The standard InChI is InChI=1S/C8H18N2/c1-7(5-9)6-10-8(2)3-4-8/h7,10H,3-6,9H2,1-2H3. The molecule has 2 heteroatoms. The molecular formula is C8H18N2. The molecule has 0 aromatic carbocycles. The maximum absolute atomic E-state index is 5.48. The van der Waals surface area contributed by atoms with Crippen molar-refractivity contribution in [2.45, 2.75) is 32.2 Å². The molecule has 3 N–H and O–H groups in total. The van der Waals surface area contributed by atoms with Crippen LogP contribution in [0, 0.1) is 5.92 Å². The van der Waals surface area contributed by atoms with E-state index in [9.17, 15) is 0 Å². The van der Waals surface area contributed by atoms with Gasteiger partial charge in [0.2, 0.25) is 0 Å². The minimum absolute atomic E-state index is 0.476. The van der Waals surface area contributed by atoms with Gasteiger partial charge in [-0.1, -0.05) is 6.92 Å². The molecule has 1 fully saturated rings. The van der Waals surface area contributed by atoms with Crippen molar-refractivity contribution < 1.29 is 0 Å². The van der Waals surface area contributed by atoms with E-state index in [-0.39, 0.29) is 0 Å². The zero-order chi connectivity index (χ0) is 7.61. The Morgan fingerprint density at radius 3 is 2.60 bits per heavy atom. The third-order valence-corrected chi connectivity index (χ3v) is 2.28. The lowest BCUT2D eigenvalue weighted by Crippen LogP contribution is -2.34. The van der Waals surface area contributed by atoms with Crippen LogP contribution in [0.15, 0.2) is 0 Å². The number of hydrogen-bond acceptors (Lipinski definition) is 2. The van der Waals surface area contributed by atoms with Crippen molar-refractivity contribution in [3.8, 4) is 0 Å². The first kappa shape index (κ1) is 8.02. The molecule has 1 unspecified atom stereocenters. The summed E-state index contributed by atoms with van der Waals surface area (Å²) in [6.45, 7) is 6.32. The Morgan fingerprint density at radius 2 is 2.20 bits per heavy atom. The van der Waals surface area contributed by atoms with Gasteiger partial charge in [-0.2, -0.15) is 0 Å². The van der Waals surface area contributed by atoms with Crippen LogP contribution in [0.4, 0.5) is 0 Å². The molecule has 0 bridgehead atoms. The van der Waals surface area contributed by atoms with Crippen LogP contribution in [0.3, 0.4) is 0 Å². The fourth-order valence-electron chi connectivity index (χ4n) is 0.868. The highest BCUT2D eigenvalue weighted by Gasteiger charge is 2.36. The van der Waals surface area contributed by atoms with Crippen LogP contribution in [-0.2, 0) is 0 Å². The Bertz CT molecular complexity index is 108. The highest BCUT2D eigenvalue weighted by atomic mass is 15.0. The second-order valence-electron chi connectivity index (χ2n) is 3.78. The Balaban J connectivity index is 2.04. The van der Waals surface area contributed by atoms with E-state index in [1.807, 2.05) is 0 Å². The predicted molar refractivity (Wildman–Crippen MR) is 43.9 cm³/mol. The van der Waals surface area contributed by atoms with E-state index >= 15 is 0 Å². The largest absolute Gasteiger partial charge is 0.330 e. The zero-order valence-electron chi connectivity index (χ0n) is 6.98. The molecule has 0 aliphatic heterocycles. The maximum Gasteiger partial charge on any atom is 0.0154 e. The number of nitrogens with two attached hydrogens (primary N) is 1. The summed E-state index contributed by atoms with van der Waals surface area (Å²) in [6.07, 6.45) is 2.68. The van der Waals surface area contributed by atoms with Gasteiger partial charge in [-0.3, -0.25) is 0 Å². The molecule has 0 aromatic rings. The lowest BCUT2D eigenvalue weighted by atomic mass is 10.1. The molecule has 1 atom stereocenters. The van der Waals surface area contributed by atoms with E-state index in [1.165, 1.54) is 12.8 Å². The van der Waals surface area contributed by atoms with E-state index in [0.717, 1.165) is 13.1 Å². The molecular weight excluding hydrogens is 124 g/mol. The second kappa shape index (κ2) is 2.89. The Hall–Kier alpha value is -0.0800. The lowest BCUT2D eigenvalue weighted by molar-refractivity contribution is 0.457. The van der Waals surface area contributed by atoms with Crippen LogP contribution >= 0.6 is 0 Å². The molecule has 0 spiro atoms. The number of rotatable bonds is 4. The van der Waals surface area contributed by atoms with E-state index in [2.05, 4.69) is 19.2 Å². The van der Waals surface area contributed by atoms with Crippen LogP contribution in [-0.4, -0.2) is 18.6 Å². The SMILES string of the molecule is CC(CN)CNC1(C)CC1. The van der Waals surface area contributed by atoms with E-state index in [4.69, 9.17) is 5.73 Å². The fourth-order valence-corrected chi connectivity index (χ4v) is 0.868. The molecule has 60 valence electrons. The van der Waals surface area contributed by atoms with Gasteiger partial charge in [0.05, 0.1) is 0 Å². The minimum atomic E-state index is 0.476. The third-order valence-electron chi connectivity index (χ3n) is 2.28. The van der Waals surface area contributed by atoms with Gasteiger partial charge in [-0.15, -0.1) is 0 Å². The molecule has 0 saturated heterocycles. The molecule has 2 nitrogen and oxygen atoms in total. The second-order valence-corrected chi connectivity index (χ2v) is 3.78. The van der Waals surface area contributed by atoms with Crippen molar-refractivity contribution in [3.63, 3.8) is 0 Å². The number of hydrogen-bond donors (Lipinski definition) is 2. The van der Waals surface area contributed by atoms with Crippen molar-refractivity contribution in [1.82, 2.24) is 5.32 Å². The average Bonchev–Trinajstić information content (AvgIpc) is 2.64. The molecule has 0 heterocycles. The first-order valence-electron chi connectivity index (χ1n) is 4.11. The smallest absolute Gasteiger partial charge is 0.0154 e. The van der Waals surface area contributed by atoms with Crippen molar-refractivity contribution in [2.75, 3.05) is 13.1 Å². The van der Waals surface area contributed by atoms with Gasteiger partial charge in [0.1, 0.15) is 0 Å². The van der Waals surface area contributed by atoms with Gasteiger partial charge in [-0.05, 0) is 38.8 Å². The summed E-state index contributed by atoms with van der Waals surface area (Å²) < 4.78 is 0. The molecule has 0 aromatic heterocycles. The predicted octanol–water partition coefficient (Wildman–Crippen LogP) is 0.723. The first-order valence-corrected chi connectivity index (χ1v) is 4.11. The highest BCUT2D eigenvalue weighted by molar-refractivity contribution is 4.97. The molecule has 0 amide bonds. The summed E-state index contributed by atoms with van der Waals surface area (Å²) in [5, 5.41) is 3.50. The van der Waals surface area contributed by atoms with E-state index in [1.54, 1.807) is 0 Å². The lowest BCUT2D eigenvalue weighted by Gasteiger charge is -2.14. The third kappa shape index (κ3) is 2.27. The average molecular weight is 142 g/mol. The molecule has 0 radical (unpaired) electrons. The molecule has 1 rings (SSSR count). The van der Waals surface area contributed by atoms with Crippen molar-refractivity contribution in [2.24, 2.45) is 11.7 Å².